The Morgan fingerprint density at radius 3 is 3.00 bits per heavy atom. The van der Waals surface area contributed by atoms with E-state index in [1.807, 2.05) is 6.20 Å². The molecule has 0 saturated carbocycles. The molecular formula is C16H20N4S. The minimum Gasteiger partial charge on any atom is -0.330 e. The highest BCUT2D eigenvalue weighted by Crippen LogP contribution is 2.20. The van der Waals surface area contributed by atoms with Gasteiger partial charge in [-0.2, -0.15) is 0 Å². The summed E-state index contributed by atoms with van der Waals surface area (Å²) in [7, 11) is 0. The van der Waals surface area contributed by atoms with Crippen LogP contribution >= 0.6 is 11.3 Å². The maximum atomic E-state index is 5.61. The molecule has 4 nitrogen and oxygen atoms in total. The van der Waals surface area contributed by atoms with E-state index in [0.29, 0.717) is 0 Å². The van der Waals surface area contributed by atoms with Gasteiger partial charge in [-0.1, -0.05) is 6.07 Å². The molecule has 0 aliphatic rings. The molecule has 0 saturated heterocycles. The molecule has 0 amide bonds. The number of pyridine rings is 1. The fourth-order valence-corrected chi connectivity index (χ4v) is 3.21. The van der Waals surface area contributed by atoms with Crippen LogP contribution in [0.15, 0.2) is 29.8 Å². The lowest BCUT2D eigenvalue weighted by molar-refractivity contribution is 0.605. The zero-order valence-electron chi connectivity index (χ0n) is 12.2. The summed E-state index contributed by atoms with van der Waals surface area (Å²) in [5.74, 6) is 1.10. The number of rotatable bonds is 6. The van der Waals surface area contributed by atoms with E-state index in [9.17, 15) is 0 Å². The Balaban J connectivity index is 1.97. The smallest absolute Gasteiger partial charge is 0.160 e. The van der Waals surface area contributed by atoms with Crippen molar-refractivity contribution in [1.82, 2.24) is 14.5 Å². The van der Waals surface area contributed by atoms with Crippen LogP contribution in [0.4, 0.5) is 0 Å². The van der Waals surface area contributed by atoms with Gasteiger partial charge in [0.15, 0.2) is 5.65 Å². The fourth-order valence-electron chi connectivity index (χ4n) is 2.51. The number of nitrogens with two attached hydrogens (primary N) is 1. The summed E-state index contributed by atoms with van der Waals surface area (Å²) in [5, 5.41) is 2.11. The summed E-state index contributed by atoms with van der Waals surface area (Å²) < 4.78 is 2.25. The van der Waals surface area contributed by atoms with Crippen LogP contribution in [0, 0.1) is 6.92 Å². The standard InChI is InChI=1S/C16H20N4S/c1-12-9-14-16(18-11-12)20(7-3-2-6-17)15(19-14)10-13-5-4-8-21-13/h4-5,8-9,11H,2-3,6-7,10,17H2,1H3. The second-order valence-electron chi connectivity index (χ2n) is 5.29. The fraction of sp³-hybridized carbons (Fsp3) is 0.375. The summed E-state index contributed by atoms with van der Waals surface area (Å²) in [4.78, 5) is 10.7. The van der Waals surface area contributed by atoms with Crippen LogP contribution in [0.5, 0.6) is 0 Å². The maximum absolute atomic E-state index is 5.61. The number of aryl methyl sites for hydroxylation is 2. The van der Waals surface area contributed by atoms with E-state index < -0.39 is 0 Å². The highest BCUT2D eigenvalue weighted by atomic mass is 32.1. The molecule has 2 N–H and O–H groups in total. The predicted molar refractivity (Wildman–Crippen MR) is 87.7 cm³/mol. The molecule has 0 atom stereocenters. The molecule has 0 aliphatic heterocycles. The Hall–Kier alpha value is -1.72. The van der Waals surface area contributed by atoms with Crippen molar-refractivity contribution in [2.24, 2.45) is 5.73 Å². The van der Waals surface area contributed by atoms with Gasteiger partial charge in [-0.05, 0) is 49.4 Å². The molecule has 0 aromatic carbocycles. The minimum atomic E-state index is 0.736. The van der Waals surface area contributed by atoms with E-state index in [0.717, 1.165) is 54.9 Å². The van der Waals surface area contributed by atoms with Gasteiger partial charge < -0.3 is 10.3 Å². The number of thiophene rings is 1. The van der Waals surface area contributed by atoms with Gasteiger partial charge in [-0.25, -0.2) is 9.97 Å². The molecule has 0 unspecified atom stereocenters. The number of aromatic nitrogens is 3. The summed E-state index contributed by atoms with van der Waals surface area (Å²) >= 11 is 1.77. The van der Waals surface area contributed by atoms with Gasteiger partial charge in [-0.15, -0.1) is 11.3 Å². The van der Waals surface area contributed by atoms with Crippen molar-refractivity contribution in [1.29, 1.82) is 0 Å². The lowest BCUT2D eigenvalue weighted by Crippen LogP contribution is -2.07. The summed E-state index contributed by atoms with van der Waals surface area (Å²) in [5.41, 5.74) is 8.74. The zero-order valence-corrected chi connectivity index (χ0v) is 13.1. The summed E-state index contributed by atoms with van der Waals surface area (Å²) in [6.45, 7) is 3.72. The first kappa shape index (κ1) is 14.2. The number of imidazole rings is 1. The average molecular weight is 300 g/mol. The number of hydrogen-bond donors (Lipinski definition) is 1. The lowest BCUT2D eigenvalue weighted by atomic mass is 10.3. The van der Waals surface area contributed by atoms with Crippen molar-refractivity contribution in [3.05, 3.63) is 46.0 Å². The SMILES string of the molecule is Cc1cnc2c(c1)nc(Cc1cccs1)n2CCCCN. The van der Waals surface area contributed by atoms with Crippen molar-refractivity contribution in [3.8, 4) is 0 Å². The average Bonchev–Trinajstić information content (AvgIpc) is 3.08. The van der Waals surface area contributed by atoms with Crippen LogP contribution in [0.2, 0.25) is 0 Å². The molecule has 110 valence electrons. The molecule has 0 radical (unpaired) electrons. The van der Waals surface area contributed by atoms with Gasteiger partial charge in [0.1, 0.15) is 11.3 Å². The quantitative estimate of drug-likeness (QED) is 0.712. The predicted octanol–water partition coefficient (Wildman–Crippen LogP) is 3.13. The Bertz CT molecular complexity index is 715. The lowest BCUT2D eigenvalue weighted by Gasteiger charge is -2.07. The van der Waals surface area contributed by atoms with Crippen LogP contribution in [0.25, 0.3) is 11.2 Å². The van der Waals surface area contributed by atoms with Crippen molar-refractivity contribution >= 4 is 22.5 Å². The summed E-state index contributed by atoms with van der Waals surface area (Å²) in [6, 6.07) is 6.36. The zero-order chi connectivity index (χ0) is 14.7. The third kappa shape index (κ3) is 3.14. The first-order chi connectivity index (χ1) is 10.3. The van der Waals surface area contributed by atoms with E-state index in [-0.39, 0.29) is 0 Å². The second-order valence-corrected chi connectivity index (χ2v) is 6.32. The molecule has 0 fully saturated rings. The third-order valence-corrected chi connectivity index (χ3v) is 4.43. The highest BCUT2D eigenvalue weighted by Gasteiger charge is 2.12. The highest BCUT2D eigenvalue weighted by molar-refractivity contribution is 7.09. The number of nitrogens with zero attached hydrogens (tertiary/aromatic N) is 3. The first-order valence-corrected chi connectivity index (χ1v) is 8.20. The molecule has 3 aromatic heterocycles. The molecule has 21 heavy (non-hydrogen) atoms. The van der Waals surface area contributed by atoms with E-state index in [1.54, 1.807) is 11.3 Å². The minimum absolute atomic E-state index is 0.736. The maximum Gasteiger partial charge on any atom is 0.160 e. The largest absolute Gasteiger partial charge is 0.330 e. The molecule has 3 rings (SSSR count). The number of hydrogen-bond acceptors (Lipinski definition) is 4. The Morgan fingerprint density at radius 2 is 2.24 bits per heavy atom. The van der Waals surface area contributed by atoms with Crippen LogP contribution in [0.1, 0.15) is 29.1 Å². The third-order valence-electron chi connectivity index (χ3n) is 3.55. The molecule has 5 heteroatoms. The van der Waals surface area contributed by atoms with Gasteiger partial charge in [-0.3, -0.25) is 0 Å². The van der Waals surface area contributed by atoms with Gasteiger partial charge in [0.05, 0.1) is 0 Å². The van der Waals surface area contributed by atoms with E-state index in [4.69, 9.17) is 10.7 Å². The van der Waals surface area contributed by atoms with E-state index in [2.05, 4.69) is 40.1 Å². The van der Waals surface area contributed by atoms with E-state index in [1.165, 1.54) is 4.88 Å². The Kier molecular flexibility index (Phi) is 4.31. The van der Waals surface area contributed by atoms with Gasteiger partial charge >= 0.3 is 0 Å². The second kappa shape index (κ2) is 6.37. The molecule has 0 aliphatic carbocycles. The van der Waals surface area contributed by atoms with Crippen LogP contribution in [-0.4, -0.2) is 21.1 Å². The molecule has 0 bridgehead atoms. The molecule has 3 aromatic rings. The normalized spacial score (nSPS) is 11.3. The van der Waals surface area contributed by atoms with Gasteiger partial charge in [0.2, 0.25) is 0 Å². The molecule has 3 heterocycles. The van der Waals surface area contributed by atoms with Crippen molar-refractivity contribution in [2.45, 2.75) is 32.7 Å². The number of unbranched alkanes of at least 4 members (excludes halogenated alkanes) is 1. The Labute approximate surface area is 128 Å². The van der Waals surface area contributed by atoms with Crippen molar-refractivity contribution < 1.29 is 0 Å². The topological polar surface area (TPSA) is 56.7 Å². The Morgan fingerprint density at radius 1 is 1.33 bits per heavy atom. The van der Waals surface area contributed by atoms with Crippen LogP contribution < -0.4 is 5.73 Å². The summed E-state index contributed by atoms with van der Waals surface area (Å²) in [6.07, 6.45) is 4.88. The number of fused-ring (bicyclic) bond motifs is 1. The van der Waals surface area contributed by atoms with Gasteiger partial charge in [0.25, 0.3) is 0 Å². The van der Waals surface area contributed by atoms with Gasteiger partial charge in [0, 0.05) is 24.0 Å². The van der Waals surface area contributed by atoms with Crippen molar-refractivity contribution in [2.75, 3.05) is 6.54 Å². The monoisotopic (exact) mass is 300 g/mol. The van der Waals surface area contributed by atoms with E-state index >= 15 is 0 Å². The van der Waals surface area contributed by atoms with Crippen LogP contribution in [-0.2, 0) is 13.0 Å². The molecular weight excluding hydrogens is 280 g/mol. The first-order valence-electron chi connectivity index (χ1n) is 7.32. The molecule has 0 spiro atoms. The van der Waals surface area contributed by atoms with Crippen molar-refractivity contribution in [3.63, 3.8) is 0 Å². The van der Waals surface area contributed by atoms with Crippen LogP contribution in [0.3, 0.4) is 0 Å².